The number of hydrogen-bond acceptors (Lipinski definition) is 3. The van der Waals surface area contributed by atoms with Gasteiger partial charge in [-0.05, 0) is 37.3 Å². The molecule has 3 rings (SSSR count). The lowest BCUT2D eigenvalue weighted by Gasteiger charge is -2.35. The summed E-state index contributed by atoms with van der Waals surface area (Å²) in [5.74, 6) is 0.0206. The molecule has 2 N–H and O–H groups in total. The van der Waals surface area contributed by atoms with Crippen LogP contribution in [-0.4, -0.2) is 41.7 Å². The molecule has 21 heavy (non-hydrogen) atoms. The second-order valence-electron chi connectivity index (χ2n) is 6.21. The van der Waals surface area contributed by atoms with Gasteiger partial charge in [0, 0.05) is 13.6 Å². The van der Waals surface area contributed by atoms with Gasteiger partial charge in [-0.3, -0.25) is 4.79 Å². The summed E-state index contributed by atoms with van der Waals surface area (Å²) in [7, 11) is 1.82. The molecule has 1 aromatic carbocycles. The molecule has 1 saturated carbocycles. The van der Waals surface area contributed by atoms with Crippen LogP contribution < -0.4 is 5.32 Å². The molecule has 114 valence electrons. The van der Waals surface area contributed by atoms with Crippen molar-refractivity contribution in [1.82, 2.24) is 4.90 Å². The van der Waals surface area contributed by atoms with Crippen molar-refractivity contribution in [2.45, 2.75) is 50.7 Å². The molecule has 0 spiro atoms. The van der Waals surface area contributed by atoms with Crippen molar-refractivity contribution in [3.8, 4) is 0 Å². The molecule has 1 amide bonds. The molecule has 1 aromatic rings. The van der Waals surface area contributed by atoms with Gasteiger partial charge in [0.05, 0.1) is 23.4 Å². The zero-order valence-corrected chi connectivity index (χ0v) is 12.6. The normalized spacial score (nSPS) is 24.9. The highest BCUT2D eigenvalue weighted by Gasteiger charge is 2.31. The number of aliphatic hydroxyl groups is 1. The Bertz CT molecular complexity index is 530. The number of rotatable bonds is 2. The van der Waals surface area contributed by atoms with Gasteiger partial charge in [0.2, 0.25) is 0 Å². The highest BCUT2D eigenvalue weighted by Crippen LogP contribution is 2.29. The van der Waals surface area contributed by atoms with Gasteiger partial charge < -0.3 is 15.3 Å². The number of carbonyl (C=O) groups excluding carboxylic acids is 1. The molecular formula is C17H24N2O2. The van der Waals surface area contributed by atoms with E-state index in [-0.39, 0.29) is 18.1 Å². The van der Waals surface area contributed by atoms with Crippen LogP contribution in [0.1, 0.15) is 48.0 Å². The maximum Gasteiger partial charge on any atom is 0.256 e. The number of anilines is 1. The van der Waals surface area contributed by atoms with E-state index in [4.69, 9.17) is 0 Å². The summed E-state index contributed by atoms with van der Waals surface area (Å²) in [6.45, 7) is 0.924. The summed E-state index contributed by atoms with van der Waals surface area (Å²) in [4.78, 5) is 14.6. The number of amides is 1. The number of benzene rings is 1. The number of nitrogens with one attached hydrogen (secondary N) is 1. The zero-order valence-electron chi connectivity index (χ0n) is 12.6. The molecule has 1 fully saturated rings. The van der Waals surface area contributed by atoms with Crippen molar-refractivity contribution in [3.63, 3.8) is 0 Å². The number of para-hydroxylation sites is 1. The van der Waals surface area contributed by atoms with Crippen LogP contribution in [0.2, 0.25) is 0 Å². The van der Waals surface area contributed by atoms with Crippen LogP contribution in [-0.2, 0) is 6.42 Å². The lowest BCUT2D eigenvalue weighted by molar-refractivity contribution is 0.0268. The van der Waals surface area contributed by atoms with E-state index in [2.05, 4.69) is 11.4 Å². The van der Waals surface area contributed by atoms with Crippen molar-refractivity contribution in [2.75, 3.05) is 18.9 Å². The highest BCUT2D eigenvalue weighted by atomic mass is 16.3. The van der Waals surface area contributed by atoms with Gasteiger partial charge in [-0.25, -0.2) is 0 Å². The molecule has 2 aliphatic rings. The number of likely N-dealkylation sites (N-methyl/N-ethyl adjacent to an activating group) is 1. The maximum atomic E-state index is 12.8. The van der Waals surface area contributed by atoms with E-state index in [1.165, 1.54) is 5.56 Å². The van der Waals surface area contributed by atoms with E-state index in [1.807, 2.05) is 19.2 Å². The van der Waals surface area contributed by atoms with Gasteiger partial charge in [0.1, 0.15) is 0 Å². The number of nitrogens with zero attached hydrogens (tertiary/aromatic N) is 1. The first-order valence-electron chi connectivity index (χ1n) is 7.99. The summed E-state index contributed by atoms with van der Waals surface area (Å²) in [5, 5.41) is 13.5. The third-order valence-corrected chi connectivity index (χ3v) is 4.82. The fourth-order valence-electron chi connectivity index (χ4n) is 3.57. The molecule has 1 aliphatic carbocycles. The molecular weight excluding hydrogens is 264 g/mol. The predicted octanol–water partition coefficient (Wildman–Crippen LogP) is 2.42. The van der Waals surface area contributed by atoms with Crippen LogP contribution in [0.25, 0.3) is 0 Å². The quantitative estimate of drug-likeness (QED) is 0.879. The number of hydrogen-bond donors (Lipinski definition) is 2. The second kappa shape index (κ2) is 6.06. The smallest absolute Gasteiger partial charge is 0.256 e. The Kier molecular flexibility index (Phi) is 4.15. The van der Waals surface area contributed by atoms with E-state index in [1.54, 1.807) is 4.90 Å². The van der Waals surface area contributed by atoms with Gasteiger partial charge in [-0.15, -0.1) is 0 Å². The Labute approximate surface area is 126 Å². The minimum atomic E-state index is -0.389. The van der Waals surface area contributed by atoms with Gasteiger partial charge in [-0.2, -0.15) is 0 Å². The average molecular weight is 288 g/mol. The molecule has 1 heterocycles. The summed E-state index contributed by atoms with van der Waals surface area (Å²) >= 11 is 0. The third kappa shape index (κ3) is 2.77. The molecule has 1 aliphatic heterocycles. The van der Waals surface area contributed by atoms with Gasteiger partial charge in [-0.1, -0.05) is 25.0 Å². The Hall–Kier alpha value is -1.55. The van der Waals surface area contributed by atoms with Gasteiger partial charge in [0.15, 0.2) is 0 Å². The van der Waals surface area contributed by atoms with Crippen molar-refractivity contribution >= 4 is 11.6 Å². The Morgan fingerprint density at radius 3 is 2.90 bits per heavy atom. The molecule has 2 unspecified atom stereocenters. The molecule has 4 heteroatoms. The maximum absolute atomic E-state index is 12.8. The molecule has 4 nitrogen and oxygen atoms in total. The third-order valence-electron chi connectivity index (χ3n) is 4.82. The first-order valence-corrected chi connectivity index (χ1v) is 7.99. The zero-order chi connectivity index (χ0) is 14.8. The Morgan fingerprint density at radius 2 is 2.10 bits per heavy atom. The number of aryl methyl sites for hydroxylation is 1. The fraction of sp³-hybridized carbons (Fsp3) is 0.588. The Balaban J connectivity index is 1.84. The van der Waals surface area contributed by atoms with Crippen LogP contribution in [0.3, 0.4) is 0 Å². The van der Waals surface area contributed by atoms with Crippen LogP contribution in [0.4, 0.5) is 5.69 Å². The predicted molar refractivity (Wildman–Crippen MR) is 83.6 cm³/mol. The van der Waals surface area contributed by atoms with Crippen molar-refractivity contribution < 1.29 is 9.90 Å². The monoisotopic (exact) mass is 288 g/mol. The first-order chi connectivity index (χ1) is 10.2. The summed E-state index contributed by atoms with van der Waals surface area (Å²) in [5.41, 5.74) is 2.96. The first kappa shape index (κ1) is 14.4. The topological polar surface area (TPSA) is 52.6 Å². The van der Waals surface area contributed by atoms with E-state index in [9.17, 15) is 9.90 Å². The average Bonchev–Trinajstić information content (AvgIpc) is 2.53. The van der Waals surface area contributed by atoms with E-state index < -0.39 is 0 Å². The molecule has 0 saturated heterocycles. The fourth-order valence-corrected chi connectivity index (χ4v) is 3.57. The van der Waals surface area contributed by atoms with Crippen LogP contribution in [0.5, 0.6) is 0 Å². The van der Waals surface area contributed by atoms with E-state index >= 15 is 0 Å². The molecule has 0 bridgehead atoms. The van der Waals surface area contributed by atoms with Crippen LogP contribution in [0.15, 0.2) is 18.2 Å². The van der Waals surface area contributed by atoms with Crippen LogP contribution >= 0.6 is 0 Å². The highest BCUT2D eigenvalue weighted by molar-refractivity contribution is 6.00. The largest absolute Gasteiger partial charge is 0.391 e. The second-order valence-corrected chi connectivity index (χ2v) is 6.21. The standard InChI is InChI=1S/C17H24N2O2/c1-19(14-9-2-3-10-15(14)20)17(21)13-8-4-6-12-7-5-11-18-16(12)13/h4,6,8,14-15,18,20H,2-3,5,7,9-11H2,1H3. The van der Waals surface area contributed by atoms with E-state index in [0.29, 0.717) is 0 Å². The van der Waals surface area contributed by atoms with Crippen molar-refractivity contribution in [3.05, 3.63) is 29.3 Å². The number of fused-ring (bicyclic) bond motifs is 1. The summed E-state index contributed by atoms with van der Waals surface area (Å²) in [6, 6.07) is 5.90. The minimum absolute atomic E-state index is 0.0206. The van der Waals surface area contributed by atoms with Gasteiger partial charge in [0.25, 0.3) is 5.91 Å². The minimum Gasteiger partial charge on any atom is -0.391 e. The van der Waals surface area contributed by atoms with Crippen LogP contribution in [0, 0.1) is 0 Å². The molecule has 2 atom stereocenters. The number of carbonyl (C=O) groups is 1. The number of aliphatic hydroxyl groups excluding tert-OH is 1. The lowest BCUT2D eigenvalue weighted by atomic mass is 9.91. The van der Waals surface area contributed by atoms with Crippen molar-refractivity contribution in [1.29, 1.82) is 0 Å². The van der Waals surface area contributed by atoms with E-state index in [0.717, 1.165) is 56.3 Å². The summed E-state index contributed by atoms with van der Waals surface area (Å²) < 4.78 is 0. The Morgan fingerprint density at radius 1 is 1.29 bits per heavy atom. The molecule has 0 radical (unpaired) electrons. The molecule has 0 aromatic heterocycles. The SMILES string of the molecule is CN(C(=O)c1cccc2c1NCCC2)C1CCCCC1O. The lowest BCUT2D eigenvalue weighted by Crippen LogP contribution is -2.46. The van der Waals surface area contributed by atoms with Gasteiger partial charge >= 0.3 is 0 Å². The van der Waals surface area contributed by atoms with Crippen molar-refractivity contribution in [2.24, 2.45) is 0 Å². The summed E-state index contributed by atoms with van der Waals surface area (Å²) in [6.07, 6.45) is 5.59.